The number of hydrogen-bond donors (Lipinski definition) is 2. The summed E-state index contributed by atoms with van der Waals surface area (Å²) in [4.78, 5) is 12.4. The van der Waals surface area contributed by atoms with Crippen molar-refractivity contribution in [1.82, 2.24) is 5.32 Å². The van der Waals surface area contributed by atoms with Crippen LogP contribution >= 0.6 is 23.2 Å². The molecule has 3 nitrogen and oxygen atoms in total. The summed E-state index contributed by atoms with van der Waals surface area (Å²) in [6.45, 7) is 0.163. The predicted molar refractivity (Wildman–Crippen MR) is 107 cm³/mol. The SMILES string of the molecule is O=C(CNC1c2ccccc2-c2ccccc21)Nc1cc(Cl)ccc1Cl. The highest BCUT2D eigenvalue weighted by Gasteiger charge is 2.27. The van der Waals surface area contributed by atoms with E-state index in [4.69, 9.17) is 23.2 Å². The lowest BCUT2D eigenvalue weighted by molar-refractivity contribution is -0.115. The van der Waals surface area contributed by atoms with Gasteiger partial charge >= 0.3 is 0 Å². The Morgan fingerprint density at radius 2 is 1.50 bits per heavy atom. The molecule has 0 atom stereocenters. The molecule has 3 aromatic carbocycles. The van der Waals surface area contributed by atoms with E-state index in [0.29, 0.717) is 15.7 Å². The van der Waals surface area contributed by atoms with Gasteiger partial charge < -0.3 is 5.32 Å². The number of amides is 1. The van der Waals surface area contributed by atoms with Crippen LogP contribution in [0.3, 0.4) is 0 Å². The van der Waals surface area contributed by atoms with Crippen LogP contribution in [0.2, 0.25) is 10.0 Å². The van der Waals surface area contributed by atoms with Crippen LogP contribution in [0.15, 0.2) is 66.7 Å². The van der Waals surface area contributed by atoms with E-state index in [-0.39, 0.29) is 18.5 Å². The van der Waals surface area contributed by atoms with E-state index >= 15 is 0 Å². The molecule has 0 unspecified atom stereocenters. The van der Waals surface area contributed by atoms with Crippen molar-refractivity contribution >= 4 is 34.8 Å². The van der Waals surface area contributed by atoms with E-state index in [1.54, 1.807) is 18.2 Å². The Bertz CT molecular complexity index is 942. The monoisotopic (exact) mass is 382 g/mol. The zero-order chi connectivity index (χ0) is 18.1. The largest absolute Gasteiger partial charge is 0.324 e. The lowest BCUT2D eigenvalue weighted by Gasteiger charge is -2.16. The second kappa shape index (κ2) is 7.12. The molecule has 0 radical (unpaired) electrons. The summed E-state index contributed by atoms with van der Waals surface area (Å²) in [5.41, 5.74) is 5.29. The molecule has 2 N–H and O–H groups in total. The van der Waals surface area contributed by atoms with Crippen LogP contribution in [0, 0.1) is 0 Å². The van der Waals surface area contributed by atoms with Crippen molar-refractivity contribution in [3.05, 3.63) is 87.9 Å². The molecule has 3 aromatic rings. The van der Waals surface area contributed by atoms with Crippen LogP contribution in [0.1, 0.15) is 17.2 Å². The molecule has 0 saturated heterocycles. The Labute approximate surface area is 162 Å². The second-order valence-electron chi connectivity index (χ2n) is 6.16. The van der Waals surface area contributed by atoms with Gasteiger partial charge in [0.15, 0.2) is 0 Å². The number of nitrogens with one attached hydrogen (secondary N) is 2. The van der Waals surface area contributed by atoms with E-state index in [9.17, 15) is 4.79 Å². The topological polar surface area (TPSA) is 41.1 Å². The van der Waals surface area contributed by atoms with Crippen LogP contribution < -0.4 is 10.6 Å². The standard InChI is InChI=1S/C21H16Cl2N2O/c22-13-9-10-18(23)19(11-13)25-20(26)12-24-21-16-7-3-1-5-14(16)15-6-2-4-8-17(15)21/h1-11,21,24H,12H2,(H,25,26). The Morgan fingerprint density at radius 1 is 0.885 bits per heavy atom. The number of fused-ring (bicyclic) bond motifs is 3. The average molecular weight is 383 g/mol. The summed E-state index contributed by atoms with van der Waals surface area (Å²) in [5, 5.41) is 7.15. The molecule has 0 aliphatic heterocycles. The molecule has 0 aromatic heterocycles. The van der Waals surface area contributed by atoms with Gasteiger partial charge in [-0.3, -0.25) is 10.1 Å². The van der Waals surface area contributed by atoms with Crippen molar-refractivity contribution in [3.63, 3.8) is 0 Å². The van der Waals surface area contributed by atoms with Gasteiger partial charge in [0.25, 0.3) is 0 Å². The zero-order valence-corrected chi connectivity index (χ0v) is 15.3. The summed E-state index contributed by atoms with van der Waals surface area (Å²) in [6, 6.07) is 21.5. The van der Waals surface area contributed by atoms with Crippen molar-refractivity contribution in [2.45, 2.75) is 6.04 Å². The molecular formula is C21H16Cl2N2O. The number of carbonyl (C=O) groups excluding carboxylic acids is 1. The minimum Gasteiger partial charge on any atom is -0.324 e. The minimum absolute atomic E-state index is 0.0111. The van der Waals surface area contributed by atoms with Crippen molar-refractivity contribution < 1.29 is 4.79 Å². The summed E-state index contributed by atoms with van der Waals surface area (Å²) in [7, 11) is 0. The molecule has 1 aliphatic carbocycles. The smallest absolute Gasteiger partial charge is 0.238 e. The van der Waals surface area contributed by atoms with Gasteiger partial charge in [0, 0.05) is 5.02 Å². The predicted octanol–water partition coefficient (Wildman–Crippen LogP) is 5.29. The van der Waals surface area contributed by atoms with Gasteiger partial charge in [-0.05, 0) is 40.5 Å². The van der Waals surface area contributed by atoms with E-state index < -0.39 is 0 Å². The molecule has 0 saturated carbocycles. The van der Waals surface area contributed by atoms with Crippen molar-refractivity contribution in [2.75, 3.05) is 11.9 Å². The highest BCUT2D eigenvalue weighted by molar-refractivity contribution is 6.35. The normalized spacial score (nSPS) is 12.5. The summed E-state index contributed by atoms with van der Waals surface area (Å²) < 4.78 is 0. The van der Waals surface area contributed by atoms with Crippen molar-refractivity contribution in [1.29, 1.82) is 0 Å². The molecule has 5 heteroatoms. The van der Waals surface area contributed by atoms with Gasteiger partial charge in [0.1, 0.15) is 0 Å². The maximum Gasteiger partial charge on any atom is 0.238 e. The molecule has 26 heavy (non-hydrogen) atoms. The zero-order valence-electron chi connectivity index (χ0n) is 13.8. The first-order valence-electron chi connectivity index (χ1n) is 8.30. The van der Waals surface area contributed by atoms with E-state index in [1.807, 2.05) is 24.3 Å². The first kappa shape index (κ1) is 17.1. The number of benzene rings is 3. The maximum absolute atomic E-state index is 12.4. The quantitative estimate of drug-likeness (QED) is 0.643. The molecule has 0 heterocycles. The highest BCUT2D eigenvalue weighted by Crippen LogP contribution is 2.42. The second-order valence-corrected chi connectivity index (χ2v) is 7.00. The third kappa shape index (κ3) is 3.21. The summed E-state index contributed by atoms with van der Waals surface area (Å²) >= 11 is 12.1. The Morgan fingerprint density at radius 3 is 2.15 bits per heavy atom. The average Bonchev–Trinajstić information content (AvgIpc) is 2.97. The number of rotatable bonds is 4. The summed E-state index contributed by atoms with van der Waals surface area (Å²) in [5.74, 6) is -0.170. The number of halogens is 2. The first-order chi connectivity index (χ1) is 12.6. The molecule has 1 aliphatic rings. The third-order valence-corrected chi connectivity index (χ3v) is 5.07. The lowest BCUT2D eigenvalue weighted by atomic mass is 10.1. The van der Waals surface area contributed by atoms with E-state index in [2.05, 4.69) is 34.9 Å². The van der Waals surface area contributed by atoms with Crippen molar-refractivity contribution in [3.8, 4) is 11.1 Å². The van der Waals surface area contributed by atoms with Crippen LogP contribution in [0.4, 0.5) is 5.69 Å². The lowest BCUT2D eigenvalue weighted by Crippen LogP contribution is -2.31. The van der Waals surface area contributed by atoms with Crippen LogP contribution in [-0.4, -0.2) is 12.5 Å². The van der Waals surface area contributed by atoms with Crippen LogP contribution in [-0.2, 0) is 4.79 Å². The molecule has 0 bridgehead atoms. The molecular weight excluding hydrogens is 367 g/mol. The fraction of sp³-hybridized carbons (Fsp3) is 0.0952. The van der Waals surface area contributed by atoms with Gasteiger partial charge in [-0.15, -0.1) is 0 Å². The molecule has 0 spiro atoms. The van der Waals surface area contributed by atoms with E-state index in [0.717, 1.165) is 0 Å². The number of anilines is 1. The van der Waals surface area contributed by atoms with Crippen LogP contribution in [0.5, 0.6) is 0 Å². The van der Waals surface area contributed by atoms with Gasteiger partial charge in [0.05, 0.1) is 23.3 Å². The fourth-order valence-electron chi connectivity index (χ4n) is 3.36. The van der Waals surface area contributed by atoms with E-state index in [1.165, 1.54) is 22.3 Å². The molecule has 1 amide bonds. The van der Waals surface area contributed by atoms with Gasteiger partial charge in [-0.1, -0.05) is 71.7 Å². The molecule has 4 rings (SSSR count). The summed E-state index contributed by atoms with van der Waals surface area (Å²) in [6.07, 6.45) is 0. The third-order valence-electron chi connectivity index (χ3n) is 4.50. The van der Waals surface area contributed by atoms with Gasteiger partial charge in [0.2, 0.25) is 5.91 Å². The minimum atomic E-state index is -0.170. The Balaban J connectivity index is 1.51. The highest BCUT2D eigenvalue weighted by atomic mass is 35.5. The van der Waals surface area contributed by atoms with Crippen molar-refractivity contribution in [2.24, 2.45) is 0 Å². The Kier molecular flexibility index (Phi) is 4.68. The van der Waals surface area contributed by atoms with Gasteiger partial charge in [-0.25, -0.2) is 0 Å². The maximum atomic E-state index is 12.4. The number of hydrogen-bond acceptors (Lipinski definition) is 2. The number of carbonyl (C=O) groups is 1. The van der Waals surface area contributed by atoms with Crippen LogP contribution in [0.25, 0.3) is 11.1 Å². The molecule has 0 fully saturated rings. The first-order valence-corrected chi connectivity index (χ1v) is 9.05. The molecule has 130 valence electrons. The fourth-order valence-corrected chi connectivity index (χ4v) is 3.69. The van der Waals surface area contributed by atoms with Gasteiger partial charge in [-0.2, -0.15) is 0 Å². The Hall–Kier alpha value is -2.33.